The van der Waals surface area contributed by atoms with Crippen LogP contribution in [0.3, 0.4) is 0 Å². The van der Waals surface area contributed by atoms with E-state index >= 15 is 0 Å². The standard InChI is InChI=1S/C30H35ClN2O2S/c1-23-9-5-7-13-29(23)33(36(34,35)27-17-15-25(31)16-18-27)26-19-21-32(22-20-26)30-14-8-6-12-28(30)24-10-3-2-4-11-24/h2-5,7,9-11,13,15-18,26,28,30H,6,8,12,14,19-22H2,1H3/t28-,30-/m1/s1. The summed E-state index contributed by atoms with van der Waals surface area (Å²) in [6.45, 7) is 3.82. The second-order valence-corrected chi connectivity index (χ2v) is 12.4. The molecule has 3 aromatic carbocycles. The maximum Gasteiger partial charge on any atom is 0.264 e. The molecule has 6 heteroatoms. The molecule has 0 aromatic heterocycles. The van der Waals surface area contributed by atoms with Crippen LogP contribution in [0.2, 0.25) is 5.02 Å². The minimum atomic E-state index is -3.73. The number of para-hydroxylation sites is 1. The Hall–Kier alpha value is -2.34. The molecule has 1 aliphatic carbocycles. The molecule has 0 radical (unpaired) electrons. The van der Waals surface area contributed by atoms with E-state index in [4.69, 9.17) is 11.6 Å². The van der Waals surface area contributed by atoms with Gasteiger partial charge in [-0.1, -0.05) is 73.0 Å². The van der Waals surface area contributed by atoms with Gasteiger partial charge in [0.1, 0.15) is 0 Å². The molecule has 36 heavy (non-hydrogen) atoms. The van der Waals surface area contributed by atoms with Gasteiger partial charge in [-0.2, -0.15) is 0 Å². The summed E-state index contributed by atoms with van der Waals surface area (Å²) < 4.78 is 29.7. The molecule has 0 bridgehead atoms. The summed E-state index contributed by atoms with van der Waals surface area (Å²) in [6.07, 6.45) is 6.64. The van der Waals surface area contributed by atoms with E-state index in [1.165, 1.54) is 31.2 Å². The van der Waals surface area contributed by atoms with Gasteiger partial charge in [0, 0.05) is 30.2 Å². The van der Waals surface area contributed by atoms with Crippen molar-refractivity contribution in [1.29, 1.82) is 0 Å². The molecule has 1 saturated heterocycles. The fourth-order valence-electron chi connectivity index (χ4n) is 6.14. The molecule has 0 N–H and O–H groups in total. The van der Waals surface area contributed by atoms with Crippen molar-refractivity contribution in [1.82, 2.24) is 4.90 Å². The van der Waals surface area contributed by atoms with Crippen LogP contribution in [-0.2, 0) is 10.0 Å². The first-order chi connectivity index (χ1) is 17.4. The van der Waals surface area contributed by atoms with Gasteiger partial charge in [0.15, 0.2) is 0 Å². The summed E-state index contributed by atoms with van der Waals surface area (Å²) in [4.78, 5) is 2.92. The Balaban J connectivity index is 1.40. The molecule has 4 nitrogen and oxygen atoms in total. The lowest BCUT2D eigenvalue weighted by Gasteiger charge is -2.45. The summed E-state index contributed by atoms with van der Waals surface area (Å²) in [5, 5.41) is 0.533. The molecular weight excluding hydrogens is 488 g/mol. The molecule has 3 aromatic rings. The van der Waals surface area contributed by atoms with E-state index in [9.17, 15) is 8.42 Å². The average molecular weight is 523 g/mol. The third kappa shape index (κ3) is 5.20. The fraction of sp³-hybridized carbons (Fsp3) is 0.400. The lowest BCUT2D eigenvalue weighted by Crippen LogP contribution is -2.51. The summed E-state index contributed by atoms with van der Waals surface area (Å²) >= 11 is 6.06. The molecule has 2 aliphatic rings. The van der Waals surface area contributed by atoms with Crippen LogP contribution in [0.5, 0.6) is 0 Å². The Morgan fingerprint density at radius 1 is 0.806 bits per heavy atom. The minimum absolute atomic E-state index is 0.0817. The predicted molar refractivity (Wildman–Crippen MR) is 148 cm³/mol. The first kappa shape index (κ1) is 25.3. The number of halogens is 1. The number of nitrogens with zero attached hydrogens (tertiary/aromatic N) is 2. The van der Waals surface area contributed by atoms with Crippen molar-refractivity contribution in [2.24, 2.45) is 0 Å². The van der Waals surface area contributed by atoms with E-state index in [-0.39, 0.29) is 10.9 Å². The van der Waals surface area contributed by atoms with Crippen LogP contribution in [0.1, 0.15) is 55.6 Å². The van der Waals surface area contributed by atoms with Gasteiger partial charge < -0.3 is 0 Å². The number of piperidine rings is 1. The number of benzene rings is 3. The van der Waals surface area contributed by atoms with Crippen molar-refractivity contribution in [3.63, 3.8) is 0 Å². The number of sulfonamides is 1. The van der Waals surface area contributed by atoms with E-state index in [2.05, 4.69) is 35.2 Å². The highest BCUT2D eigenvalue weighted by Crippen LogP contribution is 2.39. The predicted octanol–water partition coefficient (Wildman–Crippen LogP) is 7.03. The van der Waals surface area contributed by atoms with Gasteiger partial charge in [-0.05, 0) is 80.0 Å². The van der Waals surface area contributed by atoms with Crippen molar-refractivity contribution < 1.29 is 8.42 Å². The number of hydrogen-bond acceptors (Lipinski definition) is 3. The van der Waals surface area contributed by atoms with Crippen LogP contribution >= 0.6 is 11.6 Å². The number of rotatable bonds is 6. The van der Waals surface area contributed by atoms with Gasteiger partial charge in [0.05, 0.1) is 10.6 Å². The van der Waals surface area contributed by atoms with Crippen molar-refractivity contribution in [2.45, 2.75) is 68.3 Å². The Morgan fingerprint density at radius 2 is 1.44 bits per heavy atom. The molecule has 1 heterocycles. The van der Waals surface area contributed by atoms with Crippen molar-refractivity contribution in [3.05, 3.63) is 95.0 Å². The topological polar surface area (TPSA) is 40.6 Å². The fourth-order valence-corrected chi connectivity index (χ4v) is 8.04. The second kappa shape index (κ2) is 11.0. The van der Waals surface area contributed by atoms with Crippen LogP contribution in [0, 0.1) is 6.92 Å². The van der Waals surface area contributed by atoms with E-state index in [0.717, 1.165) is 37.2 Å². The highest BCUT2D eigenvalue weighted by atomic mass is 35.5. The lowest BCUT2D eigenvalue weighted by molar-refractivity contribution is 0.107. The highest BCUT2D eigenvalue weighted by Gasteiger charge is 2.38. The zero-order chi connectivity index (χ0) is 25.1. The maximum absolute atomic E-state index is 14.0. The zero-order valence-electron chi connectivity index (χ0n) is 20.9. The summed E-state index contributed by atoms with van der Waals surface area (Å²) in [6, 6.07) is 25.7. The molecular formula is C30H35ClN2O2S. The van der Waals surface area contributed by atoms with Crippen LogP contribution in [-0.4, -0.2) is 38.5 Å². The number of likely N-dealkylation sites (tertiary alicyclic amines) is 1. The third-order valence-electron chi connectivity index (χ3n) is 7.98. The Bertz CT molecular complexity index is 1260. The van der Waals surface area contributed by atoms with Gasteiger partial charge in [-0.25, -0.2) is 8.42 Å². The quantitative estimate of drug-likeness (QED) is 0.349. The summed E-state index contributed by atoms with van der Waals surface area (Å²) in [7, 11) is -3.73. The first-order valence-electron chi connectivity index (χ1n) is 13.1. The molecule has 2 fully saturated rings. The number of anilines is 1. The van der Waals surface area contributed by atoms with E-state index in [0.29, 0.717) is 17.0 Å². The molecule has 0 spiro atoms. The van der Waals surface area contributed by atoms with Gasteiger partial charge in [0.25, 0.3) is 10.0 Å². The van der Waals surface area contributed by atoms with E-state index < -0.39 is 10.0 Å². The Morgan fingerprint density at radius 3 is 2.14 bits per heavy atom. The number of aryl methyl sites for hydroxylation is 1. The SMILES string of the molecule is Cc1ccccc1N(C1CCN([C@@H]2CCCC[C@@H]2c2ccccc2)CC1)S(=O)(=O)c1ccc(Cl)cc1. The smallest absolute Gasteiger partial charge is 0.264 e. The summed E-state index contributed by atoms with van der Waals surface area (Å²) in [5.74, 6) is 0.557. The van der Waals surface area contributed by atoms with Crippen molar-refractivity contribution >= 4 is 27.3 Å². The van der Waals surface area contributed by atoms with Gasteiger partial charge in [-0.15, -0.1) is 0 Å². The van der Waals surface area contributed by atoms with Crippen LogP contribution < -0.4 is 4.31 Å². The Labute approximate surface area is 220 Å². The molecule has 5 rings (SSSR count). The van der Waals surface area contributed by atoms with Crippen LogP contribution in [0.15, 0.2) is 83.8 Å². The van der Waals surface area contributed by atoms with Gasteiger partial charge in [-0.3, -0.25) is 9.21 Å². The Kier molecular flexibility index (Phi) is 7.71. The zero-order valence-corrected chi connectivity index (χ0v) is 22.5. The molecule has 1 aliphatic heterocycles. The van der Waals surface area contributed by atoms with Crippen LogP contribution in [0.25, 0.3) is 0 Å². The molecule has 1 saturated carbocycles. The van der Waals surface area contributed by atoms with Crippen molar-refractivity contribution in [3.8, 4) is 0 Å². The van der Waals surface area contributed by atoms with E-state index in [1.54, 1.807) is 28.6 Å². The highest BCUT2D eigenvalue weighted by molar-refractivity contribution is 7.92. The monoisotopic (exact) mass is 522 g/mol. The average Bonchev–Trinajstić information content (AvgIpc) is 2.91. The van der Waals surface area contributed by atoms with Crippen LogP contribution in [0.4, 0.5) is 5.69 Å². The molecule has 0 amide bonds. The normalized spacial score (nSPS) is 21.8. The lowest BCUT2D eigenvalue weighted by atomic mass is 9.78. The van der Waals surface area contributed by atoms with Crippen molar-refractivity contribution in [2.75, 3.05) is 17.4 Å². The molecule has 190 valence electrons. The summed E-state index contributed by atoms with van der Waals surface area (Å²) in [5.41, 5.74) is 3.18. The van der Waals surface area contributed by atoms with Gasteiger partial charge >= 0.3 is 0 Å². The minimum Gasteiger partial charge on any atom is -0.300 e. The number of hydrogen-bond donors (Lipinski definition) is 0. The maximum atomic E-state index is 14.0. The third-order valence-corrected chi connectivity index (χ3v) is 10.1. The molecule has 0 unspecified atom stereocenters. The van der Waals surface area contributed by atoms with Gasteiger partial charge in [0.2, 0.25) is 0 Å². The second-order valence-electron chi connectivity index (χ2n) is 10.2. The first-order valence-corrected chi connectivity index (χ1v) is 14.9. The molecule has 2 atom stereocenters. The van der Waals surface area contributed by atoms with E-state index in [1.807, 2.05) is 31.2 Å². The largest absolute Gasteiger partial charge is 0.300 e.